The Morgan fingerprint density at radius 3 is 2.56 bits per heavy atom. The van der Waals surface area contributed by atoms with Crippen molar-refractivity contribution in [1.82, 2.24) is 30.2 Å². The number of benzene rings is 3. The van der Waals surface area contributed by atoms with Crippen molar-refractivity contribution < 1.29 is 14.0 Å². The summed E-state index contributed by atoms with van der Waals surface area (Å²) in [5.74, 6) is -0.462. The van der Waals surface area contributed by atoms with Gasteiger partial charge in [-0.2, -0.15) is 0 Å². The van der Waals surface area contributed by atoms with Gasteiger partial charge in [-0.3, -0.25) is 19.9 Å². The van der Waals surface area contributed by atoms with Crippen LogP contribution in [0.5, 0.6) is 0 Å². The lowest BCUT2D eigenvalue weighted by Crippen LogP contribution is -2.45. The van der Waals surface area contributed by atoms with E-state index in [0.717, 1.165) is 16.3 Å². The maximum atomic E-state index is 13.4. The summed E-state index contributed by atoms with van der Waals surface area (Å²) in [5, 5.41) is 7.53. The van der Waals surface area contributed by atoms with Crippen molar-refractivity contribution >= 4 is 39.6 Å². The molecule has 2 amide bonds. The highest BCUT2D eigenvalue weighted by Crippen LogP contribution is 2.23. The summed E-state index contributed by atoms with van der Waals surface area (Å²) in [6.45, 7) is 0. The van der Waals surface area contributed by atoms with Crippen molar-refractivity contribution in [3.05, 3.63) is 108 Å². The van der Waals surface area contributed by atoms with E-state index in [-0.39, 0.29) is 18.2 Å². The van der Waals surface area contributed by atoms with E-state index in [2.05, 4.69) is 35.6 Å². The highest BCUT2D eigenvalue weighted by molar-refractivity contribution is 6.02. The van der Waals surface area contributed by atoms with Gasteiger partial charge >= 0.3 is 0 Å². The number of aromatic nitrogens is 5. The summed E-state index contributed by atoms with van der Waals surface area (Å²) in [4.78, 5) is 45.5. The van der Waals surface area contributed by atoms with Gasteiger partial charge in [-0.05, 0) is 47.3 Å². The molecule has 0 saturated heterocycles. The van der Waals surface area contributed by atoms with E-state index >= 15 is 0 Å². The molecule has 0 aliphatic rings. The van der Waals surface area contributed by atoms with Crippen molar-refractivity contribution in [3.63, 3.8) is 0 Å². The van der Waals surface area contributed by atoms with Crippen LogP contribution in [0.1, 0.15) is 15.9 Å². The number of hydrogen-bond acceptors (Lipinski definition) is 5. The lowest BCUT2D eigenvalue weighted by molar-refractivity contribution is -0.118. The molecule has 3 aromatic heterocycles. The summed E-state index contributed by atoms with van der Waals surface area (Å²) in [7, 11) is 0. The molecule has 4 N–H and O–H groups in total. The quantitative estimate of drug-likeness (QED) is 0.245. The normalized spacial score (nSPS) is 11.9. The first kappa shape index (κ1) is 24.0. The van der Waals surface area contributed by atoms with E-state index < -0.39 is 17.9 Å². The van der Waals surface area contributed by atoms with Crippen LogP contribution in [0.15, 0.2) is 91.4 Å². The van der Waals surface area contributed by atoms with Gasteiger partial charge in [-0.15, -0.1) is 0 Å². The van der Waals surface area contributed by atoms with Crippen LogP contribution < -0.4 is 10.6 Å². The second kappa shape index (κ2) is 10.2. The van der Waals surface area contributed by atoms with Crippen molar-refractivity contribution in [2.24, 2.45) is 0 Å². The Balaban J connectivity index is 1.25. The molecule has 0 radical (unpaired) electrons. The van der Waals surface area contributed by atoms with E-state index in [0.29, 0.717) is 28.2 Å². The number of pyridine rings is 1. The zero-order valence-corrected chi connectivity index (χ0v) is 20.5. The number of amides is 2. The maximum Gasteiger partial charge on any atom is 0.252 e. The number of nitrogens with one attached hydrogen (secondary N) is 4. The van der Waals surface area contributed by atoms with Gasteiger partial charge in [0.05, 0.1) is 11.0 Å². The number of carbonyl (C=O) groups is 2. The number of halogens is 1. The molecule has 0 aliphatic heterocycles. The Labute approximate surface area is 221 Å². The minimum atomic E-state index is -0.944. The Hall–Kier alpha value is -5.38. The average molecular weight is 520 g/mol. The molecule has 39 heavy (non-hydrogen) atoms. The zero-order valence-electron chi connectivity index (χ0n) is 20.5. The Morgan fingerprint density at radius 2 is 1.77 bits per heavy atom. The zero-order chi connectivity index (χ0) is 26.8. The molecular weight excluding hydrogens is 497 g/mol. The van der Waals surface area contributed by atoms with Gasteiger partial charge in [0.25, 0.3) is 5.91 Å². The largest absolute Gasteiger partial charge is 0.340 e. The fourth-order valence-corrected chi connectivity index (χ4v) is 4.33. The Bertz CT molecular complexity index is 1800. The number of anilines is 1. The minimum absolute atomic E-state index is 0.154. The molecule has 3 heterocycles. The van der Waals surface area contributed by atoms with Crippen LogP contribution in [0, 0.1) is 5.82 Å². The third kappa shape index (κ3) is 5.21. The van der Waals surface area contributed by atoms with Crippen LogP contribution in [0.3, 0.4) is 0 Å². The average Bonchev–Trinajstić information content (AvgIpc) is 3.63. The van der Waals surface area contributed by atoms with Crippen molar-refractivity contribution in [2.75, 3.05) is 5.32 Å². The summed E-state index contributed by atoms with van der Waals surface area (Å²) in [6.07, 6.45) is 5.03. The highest BCUT2D eigenvalue weighted by Gasteiger charge is 2.23. The van der Waals surface area contributed by atoms with Crippen LogP contribution in [0.25, 0.3) is 33.3 Å². The lowest BCUT2D eigenvalue weighted by atomic mass is 10.0. The first-order chi connectivity index (χ1) is 19.0. The number of rotatable bonds is 7. The fraction of sp³-hybridized carbons (Fsp3) is 0.0690. The number of H-pyrrole nitrogens is 2. The standard InChI is InChI=1S/C29H22FN7O2/c30-21-8-5-17(6-9-21)13-25(28(39)37-29-31-11-12-32-29)36-27(38)19-7-10-22-23(15-19)35-26(34-22)24-14-18-3-1-2-4-20(18)16-33-24/h1-12,14-16,25H,13H2,(H,34,35)(H,36,38)(H2,31,32,37,39)/t25-/m0/s1. The fourth-order valence-electron chi connectivity index (χ4n) is 4.33. The van der Waals surface area contributed by atoms with Gasteiger partial charge < -0.3 is 15.3 Å². The molecule has 10 heteroatoms. The van der Waals surface area contributed by atoms with E-state index in [9.17, 15) is 14.0 Å². The number of hydrogen-bond donors (Lipinski definition) is 4. The molecular formula is C29H22FN7O2. The Kier molecular flexibility index (Phi) is 6.26. The predicted octanol–water partition coefficient (Wildman–Crippen LogP) is 4.62. The molecule has 0 bridgehead atoms. The summed E-state index contributed by atoms with van der Waals surface area (Å²) < 4.78 is 13.4. The van der Waals surface area contributed by atoms with Gasteiger partial charge in [-0.1, -0.05) is 36.4 Å². The molecule has 192 valence electrons. The Morgan fingerprint density at radius 1 is 0.949 bits per heavy atom. The monoisotopic (exact) mass is 519 g/mol. The number of nitrogens with zero attached hydrogens (tertiary/aromatic N) is 3. The van der Waals surface area contributed by atoms with E-state index in [1.165, 1.54) is 18.3 Å². The van der Waals surface area contributed by atoms with Crippen LogP contribution in [-0.4, -0.2) is 42.8 Å². The molecule has 0 aliphatic carbocycles. The second-order valence-corrected chi connectivity index (χ2v) is 9.02. The first-order valence-corrected chi connectivity index (χ1v) is 12.2. The molecule has 0 unspecified atom stereocenters. The molecule has 6 rings (SSSR count). The lowest BCUT2D eigenvalue weighted by Gasteiger charge is -2.18. The summed E-state index contributed by atoms with van der Waals surface area (Å²) >= 11 is 0. The van der Waals surface area contributed by atoms with E-state index in [1.807, 2.05) is 30.3 Å². The molecule has 0 fully saturated rings. The van der Waals surface area contributed by atoms with Crippen molar-refractivity contribution in [2.45, 2.75) is 12.5 Å². The topological polar surface area (TPSA) is 128 Å². The van der Waals surface area contributed by atoms with Gasteiger partial charge in [0.1, 0.15) is 17.6 Å². The van der Waals surface area contributed by atoms with Crippen LogP contribution >= 0.6 is 0 Å². The number of carbonyl (C=O) groups excluding carboxylic acids is 2. The van der Waals surface area contributed by atoms with Gasteiger partial charge in [-0.25, -0.2) is 14.4 Å². The third-order valence-electron chi connectivity index (χ3n) is 6.33. The SMILES string of the molecule is O=C(N[C@@H](Cc1ccc(F)cc1)C(=O)Nc1ncc[nH]1)c1ccc2[nH]c(-c3cc4ccccc4cn3)nc2c1. The predicted molar refractivity (Wildman–Crippen MR) is 145 cm³/mol. The van der Waals surface area contributed by atoms with Crippen LogP contribution in [-0.2, 0) is 11.2 Å². The molecule has 0 spiro atoms. The number of imidazole rings is 2. The number of fused-ring (bicyclic) bond motifs is 2. The minimum Gasteiger partial charge on any atom is -0.340 e. The van der Waals surface area contributed by atoms with Crippen molar-refractivity contribution in [3.8, 4) is 11.5 Å². The van der Waals surface area contributed by atoms with Crippen molar-refractivity contribution in [1.29, 1.82) is 0 Å². The third-order valence-corrected chi connectivity index (χ3v) is 6.33. The van der Waals surface area contributed by atoms with Gasteiger partial charge in [0.2, 0.25) is 11.9 Å². The van der Waals surface area contributed by atoms with E-state index in [4.69, 9.17) is 0 Å². The summed E-state index contributed by atoms with van der Waals surface area (Å²) in [5.41, 5.74) is 3.04. The van der Waals surface area contributed by atoms with Crippen LogP contribution in [0.4, 0.5) is 10.3 Å². The maximum absolute atomic E-state index is 13.4. The molecule has 9 nitrogen and oxygen atoms in total. The van der Waals surface area contributed by atoms with Gasteiger partial charge in [0, 0.05) is 36.0 Å². The smallest absolute Gasteiger partial charge is 0.252 e. The molecule has 1 atom stereocenters. The highest BCUT2D eigenvalue weighted by atomic mass is 19.1. The van der Waals surface area contributed by atoms with Gasteiger partial charge in [0.15, 0.2) is 5.82 Å². The second-order valence-electron chi connectivity index (χ2n) is 9.02. The molecule has 0 saturated carbocycles. The van der Waals surface area contributed by atoms with Crippen LogP contribution in [0.2, 0.25) is 0 Å². The number of aromatic amines is 2. The summed E-state index contributed by atoms with van der Waals surface area (Å²) in [6, 6.07) is 19.8. The van der Waals surface area contributed by atoms with E-state index in [1.54, 1.807) is 42.7 Å². The molecule has 6 aromatic rings. The molecule has 3 aromatic carbocycles. The first-order valence-electron chi connectivity index (χ1n) is 12.2.